The molecular formula is C30H38N2O7S2. The van der Waals surface area contributed by atoms with Crippen molar-refractivity contribution in [3.63, 3.8) is 0 Å². The molecule has 0 heterocycles. The number of hydrogen-bond donors (Lipinski definition) is 2. The zero-order valence-corrected chi connectivity index (χ0v) is 25.4. The zero-order valence-electron chi connectivity index (χ0n) is 23.7. The predicted molar refractivity (Wildman–Crippen MR) is 159 cm³/mol. The summed E-state index contributed by atoms with van der Waals surface area (Å²) in [7, 11) is -5.91. The summed E-state index contributed by atoms with van der Waals surface area (Å²) in [6.07, 6.45) is 0.0315. The smallest absolute Gasteiger partial charge is 0.251 e. The SMILES string of the molecule is COc1ccc(S(=O)(=O)N(CC(C)C)C[C@@H](O)[C@H](Cc2ccccc2)NC(=O)c2ccccc2CS(C)(=O)=O)cc1. The van der Waals surface area contributed by atoms with Crippen molar-refractivity contribution in [1.29, 1.82) is 0 Å². The van der Waals surface area contributed by atoms with Crippen LogP contribution in [0.15, 0.2) is 83.8 Å². The highest BCUT2D eigenvalue weighted by Crippen LogP contribution is 2.22. The van der Waals surface area contributed by atoms with E-state index in [9.17, 15) is 26.7 Å². The van der Waals surface area contributed by atoms with Gasteiger partial charge in [-0.05, 0) is 53.8 Å². The monoisotopic (exact) mass is 602 g/mol. The minimum atomic E-state index is -3.99. The van der Waals surface area contributed by atoms with Crippen molar-refractivity contribution in [3.8, 4) is 5.75 Å². The molecule has 3 aromatic carbocycles. The van der Waals surface area contributed by atoms with Gasteiger partial charge in [-0.3, -0.25) is 4.79 Å². The third-order valence-electron chi connectivity index (χ3n) is 6.42. The summed E-state index contributed by atoms with van der Waals surface area (Å²) >= 11 is 0. The fourth-order valence-corrected chi connectivity index (χ4v) is 6.90. The Kier molecular flexibility index (Phi) is 11.1. The van der Waals surface area contributed by atoms with Crippen molar-refractivity contribution in [2.75, 3.05) is 26.5 Å². The number of aliphatic hydroxyl groups excluding tert-OH is 1. The van der Waals surface area contributed by atoms with Crippen LogP contribution in [0.4, 0.5) is 0 Å². The second-order valence-electron chi connectivity index (χ2n) is 10.5. The molecule has 0 aliphatic rings. The number of nitrogens with zero attached hydrogens (tertiary/aromatic N) is 1. The summed E-state index contributed by atoms with van der Waals surface area (Å²) in [6.45, 7) is 3.64. The Hall–Kier alpha value is -3.25. The first-order valence-electron chi connectivity index (χ1n) is 13.2. The lowest BCUT2D eigenvalue weighted by atomic mass is 9.99. The molecule has 0 unspecified atom stereocenters. The summed E-state index contributed by atoms with van der Waals surface area (Å²) in [4.78, 5) is 13.5. The minimum Gasteiger partial charge on any atom is -0.497 e. The lowest BCUT2D eigenvalue weighted by molar-refractivity contribution is 0.0775. The molecule has 2 N–H and O–H groups in total. The van der Waals surface area contributed by atoms with Crippen LogP contribution in [0, 0.1) is 5.92 Å². The highest BCUT2D eigenvalue weighted by molar-refractivity contribution is 7.90. The summed E-state index contributed by atoms with van der Waals surface area (Å²) in [5.74, 6) is -0.399. The highest BCUT2D eigenvalue weighted by Gasteiger charge is 2.32. The molecule has 11 heteroatoms. The second kappa shape index (κ2) is 14.1. The van der Waals surface area contributed by atoms with Crippen molar-refractivity contribution in [1.82, 2.24) is 9.62 Å². The van der Waals surface area contributed by atoms with E-state index in [0.717, 1.165) is 11.8 Å². The summed E-state index contributed by atoms with van der Waals surface area (Å²) in [5, 5.41) is 14.3. The molecular weight excluding hydrogens is 564 g/mol. The van der Waals surface area contributed by atoms with Gasteiger partial charge in [0.15, 0.2) is 9.84 Å². The number of benzene rings is 3. The van der Waals surface area contributed by atoms with Crippen LogP contribution in [0.1, 0.15) is 35.3 Å². The lowest BCUT2D eigenvalue weighted by Gasteiger charge is -2.31. The van der Waals surface area contributed by atoms with Crippen LogP contribution in [-0.2, 0) is 32.0 Å². The molecule has 9 nitrogen and oxygen atoms in total. The van der Waals surface area contributed by atoms with Gasteiger partial charge in [-0.2, -0.15) is 4.31 Å². The zero-order chi connectivity index (χ0) is 30.2. The Morgan fingerprint density at radius 1 is 0.902 bits per heavy atom. The van der Waals surface area contributed by atoms with E-state index < -0.39 is 37.9 Å². The van der Waals surface area contributed by atoms with Crippen LogP contribution in [0.2, 0.25) is 0 Å². The molecule has 0 spiro atoms. The molecule has 1 amide bonds. The Morgan fingerprint density at radius 2 is 1.51 bits per heavy atom. The molecule has 0 saturated heterocycles. The molecule has 2 atom stereocenters. The van der Waals surface area contributed by atoms with Crippen molar-refractivity contribution in [2.45, 2.75) is 43.1 Å². The maximum atomic E-state index is 13.6. The first kappa shape index (κ1) is 32.3. The first-order chi connectivity index (χ1) is 19.3. The van der Waals surface area contributed by atoms with E-state index in [1.54, 1.807) is 30.3 Å². The number of ether oxygens (including phenoxy) is 1. The van der Waals surface area contributed by atoms with Crippen LogP contribution in [0.5, 0.6) is 5.75 Å². The van der Waals surface area contributed by atoms with Crippen LogP contribution in [0.3, 0.4) is 0 Å². The van der Waals surface area contributed by atoms with Gasteiger partial charge in [-0.15, -0.1) is 0 Å². The number of rotatable bonds is 14. The van der Waals surface area contributed by atoms with Gasteiger partial charge in [-0.1, -0.05) is 62.4 Å². The van der Waals surface area contributed by atoms with Gasteiger partial charge in [0.2, 0.25) is 10.0 Å². The third kappa shape index (κ3) is 9.39. The number of nitrogens with one attached hydrogen (secondary N) is 1. The van der Waals surface area contributed by atoms with E-state index in [0.29, 0.717) is 11.3 Å². The van der Waals surface area contributed by atoms with Crippen molar-refractivity contribution >= 4 is 25.8 Å². The topological polar surface area (TPSA) is 130 Å². The van der Waals surface area contributed by atoms with Crippen LogP contribution < -0.4 is 10.1 Å². The number of carbonyl (C=O) groups is 1. The molecule has 3 aromatic rings. The normalized spacial score (nSPS) is 13.6. The van der Waals surface area contributed by atoms with E-state index in [-0.39, 0.29) is 41.6 Å². The highest BCUT2D eigenvalue weighted by atomic mass is 32.2. The number of methoxy groups -OCH3 is 1. The van der Waals surface area contributed by atoms with E-state index in [4.69, 9.17) is 4.74 Å². The van der Waals surface area contributed by atoms with E-state index in [1.807, 2.05) is 44.2 Å². The first-order valence-corrected chi connectivity index (χ1v) is 16.7. The molecule has 3 rings (SSSR count). The average molecular weight is 603 g/mol. The van der Waals surface area contributed by atoms with Crippen molar-refractivity contribution in [3.05, 3.63) is 95.6 Å². The molecule has 0 bridgehead atoms. The molecule has 0 aliphatic carbocycles. The van der Waals surface area contributed by atoms with Gasteiger partial charge in [0, 0.05) is 24.9 Å². The Balaban J connectivity index is 1.93. The standard InChI is InChI=1S/C30H38N2O7S2/c1-22(2)19-32(41(37,38)26-16-14-25(39-3)15-17-26)20-29(33)28(18-23-10-6-5-7-11-23)31-30(34)27-13-9-8-12-24(27)21-40(4,35)36/h5-17,22,28-29,33H,18-21H2,1-4H3,(H,31,34)/t28-,29+/m0/s1. The molecule has 0 aromatic heterocycles. The Labute approximate surface area is 243 Å². The molecule has 0 saturated carbocycles. The van der Waals surface area contributed by atoms with Crippen molar-refractivity contribution < 1.29 is 31.5 Å². The van der Waals surface area contributed by atoms with E-state index in [1.165, 1.54) is 29.6 Å². The summed E-state index contributed by atoms with van der Waals surface area (Å²) in [5.41, 5.74) is 1.34. The number of amides is 1. The predicted octanol–water partition coefficient (Wildman–Crippen LogP) is 3.29. The molecule has 222 valence electrons. The molecule has 41 heavy (non-hydrogen) atoms. The largest absolute Gasteiger partial charge is 0.497 e. The number of carbonyl (C=O) groups excluding carboxylic acids is 1. The number of sulfone groups is 1. The van der Waals surface area contributed by atoms with Gasteiger partial charge in [0.1, 0.15) is 5.75 Å². The maximum absolute atomic E-state index is 13.6. The van der Waals surface area contributed by atoms with Gasteiger partial charge in [0.05, 0.1) is 29.9 Å². The average Bonchev–Trinajstić information content (AvgIpc) is 2.92. The minimum absolute atomic E-state index is 0.0414. The van der Waals surface area contributed by atoms with Gasteiger partial charge < -0.3 is 15.2 Å². The number of sulfonamides is 1. The lowest BCUT2D eigenvalue weighted by Crippen LogP contribution is -2.51. The van der Waals surface area contributed by atoms with Crippen molar-refractivity contribution in [2.24, 2.45) is 5.92 Å². The quantitative estimate of drug-likeness (QED) is 0.290. The molecule has 0 fully saturated rings. The fourth-order valence-electron chi connectivity index (χ4n) is 4.46. The Bertz CT molecular complexity index is 1510. The van der Waals surface area contributed by atoms with Crippen LogP contribution in [-0.4, -0.2) is 70.8 Å². The Morgan fingerprint density at radius 3 is 2.10 bits per heavy atom. The van der Waals surface area contributed by atoms with E-state index >= 15 is 0 Å². The van der Waals surface area contributed by atoms with Crippen LogP contribution in [0.25, 0.3) is 0 Å². The van der Waals surface area contributed by atoms with Gasteiger partial charge >= 0.3 is 0 Å². The van der Waals surface area contributed by atoms with Crippen LogP contribution >= 0.6 is 0 Å². The molecule has 0 radical (unpaired) electrons. The fraction of sp³-hybridized carbons (Fsp3) is 0.367. The number of aliphatic hydroxyl groups is 1. The molecule has 0 aliphatic heterocycles. The summed E-state index contributed by atoms with van der Waals surface area (Å²) < 4.78 is 57.6. The number of hydrogen-bond acceptors (Lipinski definition) is 7. The van der Waals surface area contributed by atoms with E-state index in [2.05, 4.69) is 5.32 Å². The van der Waals surface area contributed by atoms with Gasteiger partial charge in [0.25, 0.3) is 5.91 Å². The summed E-state index contributed by atoms with van der Waals surface area (Å²) in [6, 6.07) is 20.8. The van der Waals surface area contributed by atoms with Gasteiger partial charge in [-0.25, -0.2) is 16.8 Å². The second-order valence-corrected chi connectivity index (χ2v) is 14.5. The third-order valence-corrected chi connectivity index (χ3v) is 9.10. The maximum Gasteiger partial charge on any atom is 0.251 e.